The van der Waals surface area contributed by atoms with E-state index in [1.165, 1.54) is 9.13 Å². The Morgan fingerprint density at radius 1 is 1.14 bits per heavy atom. The molecule has 1 unspecified atom stereocenters. The molecule has 1 saturated heterocycles. The van der Waals surface area contributed by atoms with Gasteiger partial charge < -0.3 is 9.88 Å². The third-order valence-corrected chi connectivity index (χ3v) is 4.69. The average Bonchev–Trinajstić information content (AvgIpc) is 3.04. The zero-order valence-corrected chi connectivity index (χ0v) is 12.3. The second kappa shape index (κ2) is 4.30. The molecule has 1 atom stereocenters. The summed E-state index contributed by atoms with van der Waals surface area (Å²) in [7, 11) is 3.58. The molecule has 0 bridgehead atoms. The summed E-state index contributed by atoms with van der Waals surface area (Å²) in [5.74, 6) is 1.37. The molecular weight excluding hydrogens is 270 g/mol. The second-order valence-electron chi connectivity index (χ2n) is 6.14. The average molecular weight is 289 g/mol. The fraction of sp³-hybridized carbons (Fsp3) is 0.643. The normalized spacial score (nSPS) is 22.3. The van der Waals surface area contributed by atoms with E-state index in [0.717, 1.165) is 31.6 Å². The number of aromatic nitrogens is 4. The van der Waals surface area contributed by atoms with E-state index < -0.39 is 0 Å². The molecule has 1 aliphatic carbocycles. The van der Waals surface area contributed by atoms with Crippen molar-refractivity contribution in [1.29, 1.82) is 0 Å². The van der Waals surface area contributed by atoms with Crippen LogP contribution >= 0.6 is 0 Å². The Morgan fingerprint density at radius 3 is 2.52 bits per heavy atom. The van der Waals surface area contributed by atoms with E-state index in [4.69, 9.17) is 0 Å². The van der Waals surface area contributed by atoms with Gasteiger partial charge in [-0.2, -0.15) is 0 Å². The van der Waals surface area contributed by atoms with Gasteiger partial charge in [-0.15, -0.1) is 0 Å². The molecule has 7 heteroatoms. The first kappa shape index (κ1) is 12.8. The van der Waals surface area contributed by atoms with E-state index in [9.17, 15) is 9.59 Å². The van der Waals surface area contributed by atoms with Gasteiger partial charge in [0.05, 0.1) is 6.04 Å². The molecule has 112 valence electrons. The highest BCUT2D eigenvalue weighted by Gasteiger charge is 2.31. The maximum Gasteiger partial charge on any atom is 0.332 e. The quantitative estimate of drug-likeness (QED) is 0.834. The molecule has 1 aliphatic heterocycles. The third kappa shape index (κ3) is 1.73. The van der Waals surface area contributed by atoms with Crippen LogP contribution in [0.15, 0.2) is 9.59 Å². The van der Waals surface area contributed by atoms with E-state index in [1.54, 1.807) is 7.05 Å². The van der Waals surface area contributed by atoms with Gasteiger partial charge in [0.15, 0.2) is 11.2 Å². The Morgan fingerprint density at radius 2 is 1.90 bits per heavy atom. The summed E-state index contributed by atoms with van der Waals surface area (Å²) < 4.78 is 4.80. The molecule has 1 N–H and O–H groups in total. The number of nitrogens with zero attached hydrogens (tertiary/aromatic N) is 4. The van der Waals surface area contributed by atoms with Crippen molar-refractivity contribution in [2.24, 2.45) is 14.1 Å². The highest BCUT2D eigenvalue weighted by molar-refractivity contribution is 5.71. The Hall–Kier alpha value is -1.89. The Kier molecular flexibility index (Phi) is 2.63. The van der Waals surface area contributed by atoms with E-state index in [0.29, 0.717) is 23.6 Å². The van der Waals surface area contributed by atoms with Crippen LogP contribution in [0.2, 0.25) is 0 Å². The van der Waals surface area contributed by atoms with E-state index in [1.807, 2.05) is 11.6 Å². The predicted molar refractivity (Wildman–Crippen MR) is 78.7 cm³/mol. The summed E-state index contributed by atoms with van der Waals surface area (Å²) in [4.78, 5) is 29.9. The zero-order valence-electron chi connectivity index (χ0n) is 12.3. The van der Waals surface area contributed by atoms with Crippen molar-refractivity contribution in [2.75, 3.05) is 13.1 Å². The molecule has 0 aromatic carbocycles. The summed E-state index contributed by atoms with van der Waals surface area (Å²) >= 11 is 0. The minimum absolute atomic E-state index is 0.0557. The highest BCUT2D eigenvalue weighted by atomic mass is 16.2. The second-order valence-corrected chi connectivity index (χ2v) is 6.14. The van der Waals surface area contributed by atoms with Crippen LogP contribution in [-0.4, -0.2) is 31.8 Å². The molecule has 2 aromatic heterocycles. The number of rotatable bonds is 2. The molecule has 2 aromatic rings. The van der Waals surface area contributed by atoms with Crippen LogP contribution in [0.3, 0.4) is 0 Å². The van der Waals surface area contributed by atoms with E-state index in [2.05, 4.69) is 10.3 Å². The van der Waals surface area contributed by atoms with E-state index >= 15 is 0 Å². The largest absolute Gasteiger partial charge is 0.332 e. The monoisotopic (exact) mass is 289 g/mol. The number of hydrogen-bond donors (Lipinski definition) is 1. The molecule has 0 spiro atoms. The van der Waals surface area contributed by atoms with Gasteiger partial charge in [0.25, 0.3) is 5.56 Å². The lowest BCUT2D eigenvalue weighted by Gasteiger charge is -2.13. The Bertz CT molecular complexity index is 834. The topological polar surface area (TPSA) is 73.8 Å². The minimum atomic E-state index is -0.262. The SMILES string of the molecule is Cn1c(C2CC2)nc2c1c(=O)n(C1CCNC1)c(=O)n2C. The lowest BCUT2D eigenvalue weighted by atomic mass is 10.2. The van der Waals surface area contributed by atoms with E-state index in [-0.39, 0.29) is 17.3 Å². The van der Waals surface area contributed by atoms with Crippen LogP contribution < -0.4 is 16.6 Å². The third-order valence-electron chi connectivity index (χ3n) is 4.69. The molecule has 1 saturated carbocycles. The molecule has 21 heavy (non-hydrogen) atoms. The molecule has 3 heterocycles. The van der Waals surface area contributed by atoms with Crippen molar-refractivity contribution in [3.05, 3.63) is 26.7 Å². The Balaban J connectivity index is 2.05. The van der Waals surface area contributed by atoms with Crippen LogP contribution in [0.5, 0.6) is 0 Å². The number of fused-ring (bicyclic) bond motifs is 1. The summed E-state index contributed by atoms with van der Waals surface area (Å²) in [6, 6.07) is -0.0557. The van der Waals surface area contributed by atoms with Crippen molar-refractivity contribution in [2.45, 2.75) is 31.2 Å². The van der Waals surface area contributed by atoms with Crippen LogP contribution in [-0.2, 0) is 14.1 Å². The minimum Gasteiger partial charge on any atom is -0.325 e. The summed E-state index contributed by atoms with van der Waals surface area (Å²) in [6.45, 7) is 1.52. The maximum atomic E-state index is 12.8. The molecule has 2 aliphatic rings. The number of aryl methyl sites for hydroxylation is 2. The molecular formula is C14H19N5O2. The van der Waals surface area contributed by atoms with Crippen LogP contribution in [0.25, 0.3) is 11.2 Å². The molecule has 4 rings (SSSR count). The maximum absolute atomic E-state index is 12.8. The molecule has 2 fully saturated rings. The van der Waals surface area contributed by atoms with Gasteiger partial charge >= 0.3 is 5.69 Å². The van der Waals surface area contributed by atoms with Crippen LogP contribution in [0.4, 0.5) is 0 Å². The summed E-state index contributed by atoms with van der Waals surface area (Å²) in [5, 5.41) is 3.21. The predicted octanol–water partition coefficient (Wildman–Crippen LogP) is -0.155. The molecule has 7 nitrogen and oxygen atoms in total. The molecule has 0 amide bonds. The van der Waals surface area contributed by atoms with Crippen LogP contribution in [0.1, 0.15) is 37.0 Å². The van der Waals surface area contributed by atoms with Gasteiger partial charge in [0, 0.05) is 26.6 Å². The van der Waals surface area contributed by atoms with Gasteiger partial charge in [0.1, 0.15) is 5.82 Å². The zero-order chi connectivity index (χ0) is 14.7. The summed E-state index contributed by atoms with van der Waals surface area (Å²) in [5.41, 5.74) is 0.591. The lowest BCUT2D eigenvalue weighted by Crippen LogP contribution is -2.42. The number of nitrogens with one attached hydrogen (secondary N) is 1. The van der Waals surface area contributed by atoms with Crippen molar-refractivity contribution in [3.8, 4) is 0 Å². The fourth-order valence-electron chi connectivity index (χ4n) is 3.32. The highest BCUT2D eigenvalue weighted by Crippen LogP contribution is 2.39. The number of hydrogen-bond acceptors (Lipinski definition) is 4. The van der Waals surface area contributed by atoms with Crippen LogP contribution in [0, 0.1) is 0 Å². The lowest BCUT2D eigenvalue weighted by molar-refractivity contribution is 0.491. The van der Waals surface area contributed by atoms with Crippen molar-refractivity contribution < 1.29 is 0 Å². The van der Waals surface area contributed by atoms with Gasteiger partial charge in [-0.3, -0.25) is 13.9 Å². The van der Waals surface area contributed by atoms with Gasteiger partial charge in [-0.1, -0.05) is 0 Å². The van der Waals surface area contributed by atoms with Crippen molar-refractivity contribution in [1.82, 2.24) is 24.0 Å². The number of imidazole rings is 1. The first-order valence-electron chi connectivity index (χ1n) is 7.48. The van der Waals surface area contributed by atoms with Crippen molar-refractivity contribution >= 4 is 11.2 Å². The molecule has 0 radical (unpaired) electrons. The summed E-state index contributed by atoms with van der Waals surface area (Å²) in [6.07, 6.45) is 3.05. The van der Waals surface area contributed by atoms with Gasteiger partial charge in [0.2, 0.25) is 0 Å². The van der Waals surface area contributed by atoms with Gasteiger partial charge in [-0.05, 0) is 25.8 Å². The smallest absolute Gasteiger partial charge is 0.325 e. The van der Waals surface area contributed by atoms with Gasteiger partial charge in [-0.25, -0.2) is 9.78 Å². The Labute approximate surface area is 121 Å². The first-order valence-corrected chi connectivity index (χ1v) is 7.48. The van der Waals surface area contributed by atoms with Crippen molar-refractivity contribution in [3.63, 3.8) is 0 Å². The fourth-order valence-corrected chi connectivity index (χ4v) is 3.32. The standard InChI is InChI=1S/C14H19N5O2/c1-17-10-12(16-11(17)8-3-4-8)18(2)14(21)19(13(10)20)9-5-6-15-7-9/h8-9,15H,3-7H2,1-2H3. The first-order chi connectivity index (χ1) is 10.1.